The fourth-order valence-corrected chi connectivity index (χ4v) is 1.89. The first-order valence-electron chi connectivity index (χ1n) is 5.37. The molecule has 2 N–H and O–H groups in total. The van der Waals surface area contributed by atoms with E-state index in [1.807, 2.05) is 38.1 Å². The van der Waals surface area contributed by atoms with Crippen LogP contribution < -0.4 is 10.6 Å². The Morgan fingerprint density at radius 3 is 2.69 bits per heavy atom. The minimum atomic E-state index is 0.0911. The SMILES string of the molecule is CC(C)NC(=O)CCNc1ccccc1I. The Labute approximate surface area is 110 Å². The van der Waals surface area contributed by atoms with E-state index in [-0.39, 0.29) is 11.9 Å². The Balaban J connectivity index is 2.31. The lowest BCUT2D eigenvalue weighted by atomic mass is 10.3. The van der Waals surface area contributed by atoms with Crippen LogP contribution in [0, 0.1) is 3.57 Å². The van der Waals surface area contributed by atoms with Gasteiger partial charge in [0.15, 0.2) is 0 Å². The van der Waals surface area contributed by atoms with Gasteiger partial charge in [0.05, 0.1) is 0 Å². The number of nitrogens with one attached hydrogen (secondary N) is 2. The van der Waals surface area contributed by atoms with Crippen LogP contribution in [0.5, 0.6) is 0 Å². The van der Waals surface area contributed by atoms with Crippen molar-refractivity contribution in [3.63, 3.8) is 0 Å². The summed E-state index contributed by atoms with van der Waals surface area (Å²) in [7, 11) is 0. The lowest BCUT2D eigenvalue weighted by molar-refractivity contribution is -0.121. The molecule has 0 aliphatic rings. The number of hydrogen-bond donors (Lipinski definition) is 2. The Morgan fingerprint density at radius 1 is 1.38 bits per heavy atom. The Kier molecular flexibility index (Phi) is 5.59. The van der Waals surface area contributed by atoms with Gasteiger partial charge in [-0.3, -0.25) is 4.79 Å². The number of para-hydroxylation sites is 1. The Morgan fingerprint density at radius 2 is 2.06 bits per heavy atom. The Bertz CT molecular complexity index is 353. The predicted octanol–water partition coefficient (Wildman–Crippen LogP) is 2.62. The van der Waals surface area contributed by atoms with E-state index in [1.165, 1.54) is 3.57 Å². The van der Waals surface area contributed by atoms with Gasteiger partial charge in [0.1, 0.15) is 0 Å². The van der Waals surface area contributed by atoms with Crippen LogP contribution in [0.15, 0.2) is 24.3 Å². The van der Waals surface area contributed by atoms with E-state index in [0.29, 0.717) is 13.0 Å². The van der Waals surface area contributed by atoms with Crippen molar-refractivity contribution in [2.75, 3.05) is 11.9 Å². The van der Waals surface area contributed by atoms with Crippen molar-refractivity contribution in [3.05, 3.63) is 27.8 Å². The highest BCUT2D eigenvalue weighted by molar-refractivity contribution is 14.1. The highest BCUT2D eigenvalue weighted by Gasteiger charge is 2.03. The first-order chi connectivity index (χ1) is 7.59. The van der Waals surface area contributed by atoms with Gasteiger partial charge in [-0.2, -0.15) is 0 Å². The molecule has 0 atom stereocenters. The molecular formula is C12H17IN2O. The second-order valence-electron chi connectivity index (χ2n) is 3.88. The van der Waals surface area contributed by atoms with Gasteiger partial charge < -0.3 is 10.6 Å². The first kappa shape index (κ1) is 13.3. The first-order valence-corrected chi connectivity index (χ1v) is 6.45. The highest BCUT2D eigenvalue weighted by atomic mass is 127. The monoisotopic (exact) mass is 332 g/mol. The third-order valence-electron chi connectivity index (χ3n) is 1.99. The summed E-state index contributed by atoms with van der Waals surface area (Å²) in [6.07, 6.45) is 0.503. The van der Waals surface area contributed by atoms with Gasteiger partial charge in [0.2, 0.25) is 5.91 Å². The summed E-state index contributed by atoms with van der Waals surface area (Å²) in [4.78, 5) is 11.4. The average Bonchev–Trinajstić information content (AvgIpc) is 2.19. The Hall–Kier alpha value is -0.780. The van der Waals surface area contributed by atoms with Crippen LogP contribution in [0.25, 0.3) is 0 Å². The number of anilines is 1. The summed E-state index contributed by atoms with van der Waals surface area (Å²) in [5.74, 6) is 0.0911. The van der Waals surface area contributed by atoms with E-state index >= 15 is 0 Å². The average molecular weight is 332 g/mol. The molecule has 88 valence electrons. The van der Waals surface area contributed by atoms with Crippen molar-refractivity contribution < 1.29 is 4.79 Å². The molecule has 0 heterocycles. The molecule has 0 unspecified atom stereocenters. The third kappa shape index (κ3) is 4.83. The van der Waals surface area contributed by atoms with E-state index in [9.17, 15) is 4.79 Å². The van der Waals surface area contributed by atoms with Gasteiger partial charge in [0, 0.05) is 28.3 Å². The topological polar surface area (TPSA) is 41.1 Å². The van der Waals surface area contributed by atoms with Crippen molar-refractivity contribution in [1.29, 1.82) is 0 Å². The smallest absolute Gasteiger partial charge is 0.221 e. The predicted molar refractivity (Wildman–Crippen MR) is 75.5 cm³/mol. The molecule has 1 aromatic carbocycles. The van der Waals surface area contributed by atoms with Crippen LogP contribution in [0.2, 0.25) is 0 Å². The fourth-order valence-electron chi connectivity index (χ4n) is 1.31. The quantitative estimate of drug-likeness (QED) is 0.814. The normalized spacial score (nSPS) is 10.2. The van der Waals surface area contributed by atoms with Gasteiger partial charge >= 0.3 is 0 Å². The zero-order valence-electron chi connectivity index (χ0n) is 9.59. The molecule has 3 nitrogen and oxygen atoms in total. The summed E-state index contributed by atoms with van der Waals surface area (Å²) in [5, 5.41) is 6.11. The molecule has 0 saturated heterocycles. The zero-order valence-corrected chi connectivity index (χ0v) is 11.7. The maximum absolute atomic E-state index is 11.4. The minimum Gasteiger partial charge on any atom is -0.384 e. The molecule has 0 saturated carbocycles. The van der Waals surface area contributed by atoms with E-state index in [0.717, 1.165) is 5.69 Å². The van der Waals surface area contributed by atoms with Gasteiger partial charge in [-0.15, -0.1) is 0 Å². The van der Waals surface area contributed by atoms with E-state index in [4.69, 9.17) is 0 Å². The van der Waals surface area contributed by atoms with E-state index in [2.05, 4.69) is 33.2 Å². The maximum atomic E-state index is 11.4. The lowest BCUT2D eigenvalue weighted by Crippen LogP contribution is -2.31. The van der Waals surface area contributed by atoms with Crippen molar-refractivity contribution in [2.24, 2.45) is 0 Å². The number of carbonyl (C=O) groups excluding carboxylic acids is 1. The third-order valence-corrected chi connectivity index (χ3v) is 2.93. The van der Waals surface area contributed by atoms with Crippen molar-refractivity contribution in [2.45, 2.75) is 26.3 Å². The molecule has 0 bridgehead atoms. The molecule has 0 spiro atoms. The summed E-state index contributed by atoms with van der Waals surface area (Å²) >= 11 is 2.27. The van der Waals surface area contributed by atoms with E-state index < -0.39 is 0 Å². The number of benzene rings is 1. The van der Waals surface area contributed by atoms with Crippen molar-refractivity contribution in [3.8, 4) is 0 Å². The van der Waals surface area contributed by atoms with Gasteiger partial charge in [-0.05, 0) is 48.6 Å². The molecule has 1 rings (SSSR count). The summed E-state index contributed by atoms with van der Waals surface area (Å²) < 4.78 is 1.17. The summed E-state index contributed by atoms with van der Waals surface area (Å²) in [5.41, 5.74) is 1.08. The van der Waals surface area contributed by atoms with Crippen LogP contribution in [-0.4, -0.2) is 18.5 Å². The van der Waals surface area contributed by atoms with Gasteiger partial charge in [-0.1, -0.05) is 12.1 Å². The molecule has 1 amide bonds. The van der Waals surface area contributed by atoms with Crippen molar-refractivity contribution in [1.82, 2.24) is 5.32 Å². The van der Waals surface area contributed by atoms with Gasteiger partial charge in [0.25, 0.3) is 0 Å². The number of carbonyl (C=O) groups is 1. The molecule has 0 aliphatic carbocycles. The van der Waals surface area contributed by atoms with Crippen LogP contribution in [0.3, 0.4) is 0 Å². The van der Waals surface area contributed by atoms with Crippen LogP contribution in [0.1, 0.15) is 20.3 Å². The molecular weight excluding hydrogens is 315 g/mol. The fraction of sp³-hybridized carbons (Fsp3) is 0.417. The number of halogens is 1. The molecule has 16 heavy (non-hydrogen) atoms. The number of rotatable bonds is 5. The summed E-state index contributed by atoms with van der Waals surface area (Å²) in [6.45, 7) is 4.59. The zero-order chi connectivity index (χ0) is 12.0. The van der Waals surface area contributed by atoms with Crippen molar-refractivity contribution >= 4 is 34.2 Å². The number of hydrogen-bond acceptors (Lipinski definition) is 2. The standard InChI is InChI=1S/C12H17IN2O/c1-9(2)15-12(16)7-8-14-11-6-4-3-5-10(11)13/h3-6,9,14H,7-8H2,1-2H3,(H,15,16). The summed E-state index contributed by atoms with van der Waals surface area (Å²) in [6, 6.07) is 8.25. The molecule has 1 aromatic rings. The van der Waals surface area contributed by atoms with Crippen LogP contribution in [0.4, 0.5) is 5.69 Å². The second kappa shape index (κ2) is 6.73. The molecule has 0 aromatic heterocycles. The van der Waals surface area contributed by atoms with E-state index in [1.54, 1.807) is 0 Å². The molecule has 0 fully saturated rings. The van der Waals surface area contributed by atoms with Crippen LogP contribution in [-0.2, 0) is 4.79 Å². The maximum Gasteiger partial charge on any atom is 0.221 e. The molecule has 4 heteroatoms. The second-order valence-corrected chi connectivity index (χ2v) is 5.04. The van der Waals surface area contributed by atoms with Crippen LogP contribution >= 0.6 is 22.6 Å². The van der Waals surface area contributed by atoms with Gasteiger partial charge in [-0.25, -0.2) is 0 Å². The lowest BCUT2D eigenvalue weighted by Gasteiger charge is -2.10. The highest BCUT2D eigenvalue weighted by Crippen LogP contribution is 2.16. The minimum absolute atomic E-state index is 0.0911. The largest absolute Gasteiger partial charge is 0.384 e. The number of amides is 1. The molecule has 0 radical (unpaired) electrons. The molecule has 0 aliphatic heterocycles.